The lowest BCUT2D eigenvalue weighted by Gasteiger charge is -2.20. The fraction of sp³-hybridized carbons (Fsp3) is 0.357. The van der Waals surface area contributed by atoms with Gasteiger partial charge < -0.3 is 10.8 Å². The summed E-state index contributed by atoms with van der Waals surface area (Å²) in [6, 6.07) is 5.85. The lowest BCUT2D eigenvalue weighted by Crippen LogP contribution is -2.41. The molecule has 0 aliphatic heterocycles. The van der Waals surface area contributed by atoms with Crippen LogP contribution in [0.15, 0.2) is 35.4 Å². The second-order valence-electron chi connectivity index (χ2n) is 5.21. The molecular weight excluding hydrogens is 290 g/mol. The van der Waals surface area contributed by atoms with Crippen molar-refractivity contribution >= 4 is 26.6 Å². The Balaban J connectivity index is 2.53. The van der Waals surface area contributed by atoms with Gasteiger partial charge in [0.25, 0.3) is 0 Å². The topological polar surface area (TPSA) is 105 Å². The molecule has 0 saturated carbocycles. The van der Waals surface area contributed by atoms with Gasteiger partial charge in [0.2, 0.25) is 10.0 Å². The Kier molecular flexibility index (Phi) is 4.46. The lowest BCUT2D eigenvalue weighted by molar-refractivity contribution is 0.228. The Hall–Kier alpha value is -1.70. The predicted octanol–water partition coefficient (Wildman–Crippen LogP) is 1.11. The molecule has 0 aliphatic rings. The molecule has 0 radical (unpaired) electrons. The van der Waals surface area contributed by atoms with Crippen molar-refractivity contribution in [2.75, 3.05) is 12.3 Å². The van der Waals surface area contributed by atoms with Gasteiger partial charge in [0.1, 0.15) is 4.90 Å². The average Bonchev–Trinajstić information content (AvgIpc) is 2.45. The molecule has 114 valence electrons. The van der Waals surface area contributed by atoms with E-state index in [9.17, 15) is 13.5 Å². The van der Waals surface area contributed by atoms with Crippen molar-refractivity contribution in [3.63, 3.8) is 0 Å². The Morgan fingerprint density at radius 3 is 2.67 bits per heavy atom. The van der Waals surface area contributed by atoms with E-state index in [0.717, 1.165) is 0 Å². The maximum Gasteiger partial charge on any atom is 0.243 e. The van der Waals surface area contributed by atoms with Crippen molar-refractivity contribution in [3.05, 3.63) is 30.5 Å². The van der Waals surface area contributed by atoms with E-state index in [1.165, 1.54) is 12.3 Å². The zero-order valence-electron chi connectivity index (χ0n) is 11.9. The van der Waals surface area contributed by atoms with Gasteiger partial charge >= 0.3 is 0 Å². The van der Waals surface area contributed by atoms with E-state index in [2.05, 4.69) is 9.71 Å². The maximum atomic E-state index is 12.5. The number of aromatic nitrogens is 1. The third-order valence-electron chi connectivity index (χ3n) is 3.36. The van der Waals surface area contributed by atoms with E-state index in [1.54, 1.807) is 18.2 Å². The van der Waals surface area contributed by atoms with Crippen molar-refractivity contribution in [2.45, 2.75) is 24.8 Å². The smallest absolute Gasteiger partial charge is 0.243 e. The molecule has 4 N–H and O–H groups in total. The minimum atomic E-state index is -3.79. The molecule has 2 aromatic rings. The quantitative estimate of drug-likeness (QED) is 0.718. The molecule has 1 aromatic carbocycles. The second-order valence-corrected chi connectivity index (χ2v) is 6.89. The van der Waals surface area contributed by atoms with Crippen LogP contribution in [0.1, 0.15) is 13.8 Å². The number of hydrogen-bond acceptors (Lipinski definition) is 5. The largest absolute Gasteiger partial charge is 0.398 e. The molecule has 0 aliphatic carbocycles. The minimum absolute atomic E-state index is 0.0298. The number of aliphatic hydroxyl groups is 1. The maximum absolute atomic E-state index is 12.5. The summed E-state index contributed by atoms with van der Waals surface area (Å²) in [5.74, 6) is -0.0298. The summed E-state index contributed by atoms with van der Waals surface area (Å²) < 4.78 is 27.6. The number of nitrogens with two attached hydrogens (primary N) is 1. The number of nitrogen functional groups attached to an aromatic ring is 1. The number of anilines is 1. The molecule has 0 fully saturated rings. The monoisotopic (exact) mass is 309 g/mol. The average molecular weight is 309 g/mol. The number of hydrogen-bond donors (Lipinski definition) is 3. The predicted molar refractivity (Wildman–Crippen MR) is 82.2 cm³/mol. The molecule has 1 aromatic heterocycles. The number of aliphatic hydroxyl groups excluding tert-OH is 1. The van der Waals surface area contributed by atoms with Crippen LogP contribution < -0.4 is 10.5 Å². The van der Waals surface area contributed by atoms with Crippen molar-refractivity contribution in [3.8, 4) is 0 Å². The van der Waals surface area contributed by atoms with Crippen molar-refractivity contribution < 1.29 is 13.5 Å². The van der Waals surface area contributed by atoms with Crippen molar-refractivity contribution in [1.82, 2.24) is 9.71 Å². The fourth-order valence-electron chi connectivity index (χ4n) is 2.03. The van der Waals surface area contributed by atoms with Crippen LogP contribution in [0.3, 0.4) is 0 Å². The molecule has 2 rings (SSSR count). The number of rotatable bonds is 5. The summed E-state index contributed by atoms with van der Waals surface area (Å²) in [5, 5.41) is 9.89. The van der Waals surface area contributed by atoms with Gasteiger partial charge in [-0.2, -0.15) is 0 Å². The van der Waals surface area contributed by atoms with E-state index in [4.69, 9.17) is 5.73 Å². The van der Waals surface area contributed by atoms with Gasteiger partial charge in [0, 0.05) is 23.3 Å². The fourth-order valence-corrected chi connectivity index (χ4v) is 3.57. The first-order valence-corrected chi connectivity index (χ1v) is 8.11. The van der Waals surface area contributed by atoms with Gasteiger partial charge in [0.05, 0.1) is 12.1 Å². The van der Waals surface area contributed by atoms with Crippen LogP contribution in [0.2, 0.25) is 0 Å². The molecule has 0 bridgehead atoms. The van der Waals surface area contributed by atoms with E-state index in [1.807, 2.05) is 13.8 Å². The first-order valence-electron chi connectivity index (χ1n) is 6.63. The summed E-state index contributed by atoms with van der Waals surface area (Å²) >= 11 is 0. The first-order chi connectivity index (χ1) is 9.86. The third-order valence-corrected chi connectivity index (χ3v) is 4.89. The number of sulfonamides is 1. The number of nitrogens with one attached hydrogen (secondary N) is 1. The zero-order valence-corrected chi connectivity index (χ0v) is 12.8. The number of benzene rings is 1. The van der Waals surface area contributed by atoms with Crippen LogP contribution in [0, 0.1) is 5.92 Å². The summed E-state index contributed by atoms with van der Waals surface area (Å²) in [5.41, 5.74) is 6.65. The van der Waals surface area contributed by atoms with Crippen LogP contribution in [0.25, 0.3) is 10.9 Å². The second kappa shape index (κ2) is 5.97. The van der Waals surface area contributed by atoms with Gasteiger partial charge in [-0.1, -0.05) is 13.8 Å². The van der Waals surface area contributed by atoms with Crippen LogP contribution in [-0.4, -0.2) is 31.2 Å². The highest BCUT2D eigenvalue weighted by Crippen LogP contribution is 2.26. The minimum Gasteiger partial charge on any atom is -0.398 e. The van der Waals surface area contributed by atoms with Crippen LogP contribution in [-0.2, 0) is 10.0 Å². The van der Waals surface area contributed by atoms with Crippen molar-refractivity contribution in [1.29, 1.82) is 0 Å². The molecule has 6 nitrogen and oxygen atoms in total. The summed E-state index contributed by atoms with van der Waals surface area (Å²) in [6.45, 7) is 3.41. The molecule has 0 amide bonds. The standard InChI is InChI=1S/C14H19N3O3S/c1-9(2)12(8-18)17-21(19,20)13-6-5-11(15)10-4-3-7-16-14(10)13/h3-7,9,12,17-18H,8,15H2,1-2H3. The van der Waals surface area contributed by atoms with Gasteiger partial charge in [0.15, 0.2) is 0 Å². The van der Waals surface area contributed by atoms with E-state index in [0.29, 0.717) is 16.6 Å². The molecule has 1 heterocycles. The lowest BCUT2D eigenvalue weighted by atomic mass is 10.1. The summed E-state index contributed by atoms with van der Waals surface area (Å²) in [6.07, 6.45) is 1.52. The van der Waals surface area contributed by atoms with Crippen molar-refractivity contribution in [2.24, 2.45) is 5.92 Å². The summed E-state index contributed by atoms with van der Waals surface area (Å²) in [4.78, 5) is 4.19. The number of pyridine rings is 1. The number of fused-ring (bicyclic) bond motifs is 1. The zero-order chi connectivity index (χ0) is 15.6. The molecule has 21 heavy (non-hydrogen) atoms. The van der Waals surface area contributed by atoms with Gasteiger partial charge in [-0.25, -0.2) is 13.1 Å². The highest BCUT2D eigenvalue weighted by Gasteiger charge is 2.24. The third kappa shape index (κ3) is 3.15. The van der Waals surface area contributed by atoms with E-state index in [-0.39, 0.29) is 17.4 Å². The Morgan fingerprint density at radius 2 is 2.05 bits per heavy atom. The Bertz CT molecular complexity index is 744. The molecular formula is C14H19N3O3S. The van der Waals surface area contributed by atoms with Crippen LogP contribution >= 0.6 is 0 Å². The van der Waals surface area contributed by atoms with Gasteiger partial charge in [-0.15, -0.1) is 0 Å². The highest BCUT2D eigenvalue weighted by atomic mass is 32.2. The van der Waals surface area contributed by atoms with Gasteiger partial charge in [-0.3, -0.25) is 4.98 Å². The molecule has 7 heteroatoms. The normalized spacial score (nSPS) is 13.7. The van der Waals surface area contributed by atoms with E-state index >= 15 is 0 Å². The van der Waals surface area contributed by atoms with Gasteiger partial charge in [-0.05, 0) is 30.2 Å². The molecule has 0 spiro atoms. The Labute approximate surface area is 124 Å². The SMILES string of the molecule is CC(C)C(CO)NS(=O)(=O)c1ccc(N)c2cccnc12. The molecule has 1 atom stereocenters. The highest BCUT2D eigenvalue weighted by molar-refractivity contribution is 7.89. The Morgan fingerprint density at radius 1 is 1.33 bits per heavy atom. The van der Waals surface area contributed by atoms with E-state index < -0.39 is 16.1 Å². The van der Waals surface area contributed by atoms with Crippen LogP contribution in [0.4, 0.5) is 5.69 Å². The molecule has 1 unspecified atom stereocenters. The summed E-state index contributed by atoms with van der Waals surface area (Å²) in [7, 11) is -3.79. The van der Waals surface area contributed by atoms with Crippen LogP contribution in [0.5, 0.6) is 0 Å². The molecule has 0 saturated heterocycles. The number of nitrogens with zero attached hydrogens (tertiary/aromatic N) is 1. The first kappa shape index (κ1) is 15.7.